The first-order valence-electron chi connectivity index (χ1n) is 6.73. The molecule has 0 spiro atoms. The predicted molar refractivity (Wildman–Crippen MR) is 87.1 cm³/mol. The van der Waals surface area contributed by atoms with Gasteiger partial charge in [-0.25, -0.2) is 4.98 Å². The number of aromatic nitrogens is 1. The average molecular weight is 280 g/mol. The van der Waals surface area contributed by atoms with E-state index >= 15 is 0 Å². The third kappa shape index (κ3) is 2.58. The van der Waals surface area contributed by atoms with Gasteiger partial charge in [0.25, 0.3) is 0 Å². The zero-order valence-electron chi connectivity index (χ0n) is 11.3. The molecule has 0 saturated carbocycles. The first kappa shape index (κ1) is 12.9. The number of hydrogen-bond donors (Lipinski definition) is 1. The van der Waals surface area contributed by atoms with Crippen molar-refractivity contribution in [2.45, 2.75) is 6.92 Å². The van der Waals surface area contributed by atoms with Crippen LogP contribution in [0.1, 0.15) is 6.92 Å². The van der Waals surface area contributed by atoms with Crippen LogP contribution in [0.5, 0.6) is 0 Å². The topological polar surface area (TPSA) is 24.9 Å². The van der Waals surface area contributed by atoms with E-state index < -0.39 is 0 Å². The summed E-state index contributed by atoms with van der Waals surface area (Å²) in [5, 5.41) is 4.45. The number of anilines is 1. The van der Waals surface area contributed by atoms with Crippen LogP contribution in [-0.4, -0.2) is 11.5 Å². The molecule has 0 saturated heterocycles. The fourth-order valence-electron chi connectivity index (χ4n) is 2.15. The molecule has 1 aromatic heterocycles. The highest BCUT2D eigenvalue weighted by Gasteiger charge is 2.09. The lowest BCUT2D eigenvalue weighted by Gasteiger charge is -2.07. The van der Waals surface area contributed by atoms with Gasteiger partial charge >= 0.3 is 0 Å². The Kier molecular flexibility index (Phi) is 3.79. The third-order valence-electron chi connectivity index (χ3n) is 3.09. The van der Waals surface area contributed by atoms with Crippen LogP contribution in [-0.2, 0) is 0 Å². The van der Waals surface area contributed by atoms with Crippen LogP contribution in [0.25, 0.3) is 21.0 Å². The minimum atomic E-state index is 0.911. The highest BCUT2D eigenvalue weighted by atomic mass is 32.1. The van der Waals surface area contributed by atoms with E-state index in [2.05, 4.69) is 59.7 Å². The molecule has 0 aliphatic heterocycles. The molecular weight excluding hydrogens is 264 g/mol. The molecule has 0 amide bonds. The van der Waals surface area contributed by atoms with Crippen LogP contribution < -0.4 is 5.32 Å². The first-order valence-corrected chi connectivity index (χ1v) is 7.54. The fraction of sp³-hybridized carbons (Fsp3) is 0.118. The molecule has 100 valence electrons. The Morgan fingerprint density at radius 3 is 2.55 bits per heavy atom. The number of nitrogens with zero attached hydrogens (tertiary/aromatic N) is 1. The Labute approximate surface area is 123 Å². The van der Waals surface area contributed by atoms with E-state index in [-0.39, 0.29) is 0 Å². The third-order valence-corrected chi connectivity index (χ3v) is 4.17. The second kappa shape index (κ2) is 5.88. The normalized spacial score (nSPS) is 10.4. The molecule has 2 aromatic carbocycles. The molecular formula is C17H16N2S. The second-order valence-corrected chi connectivity index (χ2v) is 5.50. The van der Waals surface area contributed by atoms with Crippen molar-refractivity contribution < 1.29 is 0 Å². The van der Waals surface area contributed by atoms with E-state index in [1.165, 1.54) is 16.0 Å². The molecule has 0 radical (unpaired) electrons. The van der Waals surface area contributed by atoms with Crippen molar-refractivity contribution in [3.63, 3.8) is 0 Å². The molecule has 0 aliphatic rings. The van der Waals surface area contributed by atoms with E-state index in [0.29, 0.717) is 0 Å². The van der Waals surface area contributed by atoms with Crippen molar-refractivity contribution in [2.24, 2.45) is 0 Å². The first-order chi connectivity index (χ1) is 9.88. The van der Waals surface area contributed by atoms with E-state index in [0.717, 1.165) is 17.2 Å². The zero-order valence-corrected chi connectivity index (χ0v) is 12.2. The Morgan fingerprint density at radius 1 is 1.00 bits per heavy atom. The zero-order chi connectivity index (χ0) is 13.8. The van der Waals surface area contributed by atoms with Crippen molar-refractivity contribution in [1.29, 1.82) is 0 Å². The fourth-order valence-corrected chi connectivity index (χ4v) is 3.11. The molecule has 3 rings (SSSR count). The maximum Gasteiger partial charge on any atom is 0.125 e. The largest absolute Gasteiger partial charge is 0.385 e. The standard InChI is InChI=1S/C17H16N2S/c1-2-18-15-11-7-6-10-14(15)17-19-12-16(20-17)13-8-4-3-5-9-13/h3-12,18H,2H2,1H3. The van der Waals surface area contributed by atoms with Crippen LogP contribution in [0.3, 0.4) is 0 Å². The second-order valence-electron chi connectivity index (χ2n) is 4.47. The molecule has 1 heterocycles. The minimum Gasteiger partial charge on any atom is -0.385 e. The van der Waals surface area contributed by atoms with E-state index in [1.807, 2.05) is 18.3 Å². The number of nitrogens with one attached hydrogen (secondary N) is 1. The predicted octanol–water partition coefficient (Wildman–Crippen LogP) is 4.91. The summed E-state index contributed by atoms with van der Waals surface area (Å²) in [6.07, 6.45) is 1.96. The lowest BCUT2D eigenvalue weighted by molar-refractivity contribution is 1.21. The molecule has 0 atom stereocenters. The summed E-state index contributed by atoms with van der Waals surface area (Å²) in [6, 6.07) is 18.7. The molecule has 2 nitrogen and oxygen atoms in total. The molecule has 0 aliphatic carbocycles. The quantitative estimate of drug-likeness (QED) is 0.734. The van der Waals surface area contributed by atoms with Gasteiger partial charge in [0.1, 0.15) is 5.01 Å². The van der Waals surface area contributed by atoms with Gasteiger partial charge < -0.3 is 5.32 Å². The van der Waals surface area contributed by atoms with Crippen LogP contribution in [0, 0.1) is 0 Å². The number of benzene rings is 2. The monoisotopic (exact) mass is 280 g/mol. The van der Waals surface area contributed by atoms with Crippen LogP contribution in [0.2, 0.25) is 0 Å². The summed E-state index contributed by atoms with van der Waals surface area (Å²) in [5.41, 5.74) is 3.53. The van der Waals surface area contributed by atoms with E-state index in [9.17, 15) is 0 Å². The van der Waals surface area contributed by atoms with Gasteiger partial charge in [0.2, 0.25) is 0 Å². The lowest BCUT2D eigenvalue weighted by atomic mass is 10.2. The summed E-state index contributed by atoms with van der Waals surface area (Å²) in [7, 11) is 0. The number of thiazole rings is 1. The van der Waals surface area contributed by atoms with Gasteiger partial charge in [-0.2, -0.15) is 0 Å². The highest BCUT2D eigenvalue weighted by Crippen LogP contribution is 2.35. The van der Waals surface area contributed by atoms with Gasteiger partial charge in [-0.05, 0) is 24.6 Å². The molecule has 3 aromatic rings. The van der Waals surface area contributed by atoms with Crippen molar-refractivity contribution in [2.75, 3.05) is 11.9 Å². The van der Waals surface area contributed by atoms with Crippen molar-refractivity contribution >= 4 is 17.0 Å². The summed E-state index contributed by atoms with van der Waals surface area (Å²) in [4.78, 5) is 5.79. The van der Waals surface area contributed by atoms with Crippen molar-refractivity contribution in [3.05, 3.63) is 60.8 Å². The van der Waals surface area contributed by atoms with Gasteiger partial charge in [0, 0.05) is 24.0 Å². The summed E-state index contributed by atoms with van der Waals surface area (Å²) >= 11 is 1.73. The average Bonchev–Trinajstić information content (AvgIpc) is 2.99. The van der Waals surface area contributed by atoms with Gasteiger partial charge in [0.05, 0.1) is 4.88 Å². The Bertz CT molecular complexity index is 689. The summed E-state index contributed by atoms with van der Waals surface area (Å²) < 4.78 is 0. The Hall–Kier alpha value is -2.13. The maximum atomic E-state index is 4.58. The molecule has 20 heavy (non-hydrogen) atoms. The van der Waals surface area contributed by atoms with Gasteiger partial charge in [-0.15, -0.1) is 11.3 Å². The highest BCUT2D eigenvalue weighted by molar-refractivity contribution is 7.18. The number of hydrogen-bond acceptors (Lipinski definition) is 3. The SMILES string of the molecule is CCNc1ccccc1-c1ncc(-c2ccccc2)s1. The minimum absolute atomic E-state index is 0.911. The molecule has 0 unspecified atom stereocenters. The summed E-state index contributed by atoms with van der Waals surface area (Å²) in [6.45, 7) is 3.02. The van der Waals surface area contributed by atoms with Gasteiger partial charge in [-0.1, -0.05) is 42.5 Å². The lowest BCUT2D eigenvalue weighted by Crippen LogP contribution is -1.97. The van der Waals surface area contributed by atoms with Gasteiger partial charge in [-0.3, -0.25) is 0 Å². The van der Waals surface area contributed by atoms with E-state index in [4.69, 9.17) is 0 Å². The van der Waals surface area contributed by atoms with Crippen LogP contribution >= 0.6 is 11.3 Å². The Balaban J connectivity index is 1.98. The molecule has 0 fully saturated rings. The van der Waals surface area contributed by atoms with Gasteiger partial charge in [0.15, 0.2) is 0 Å². The number of rotatable bonds is 4. The van der Waals surface area contributed by atoms with Crippen molar-refractivity contribution in [1.82, 2.24) is 4.98 Å². The summed E-state index contributed by atoms with van der Waals surface area (Å²) in [5.74, 6) is 0. The molecule has 0 bridgehead atoms. The molecule has 1 N–H and O–H groups in total. The van der Waals surface area contributed by atoms with E-state index in [1.54, 1.807) is 11.3 Å². The van der Waals surface area contributed by atoms with Crippen LogP contribution in [0.15, 0.2) is 60.8 Å². The maximum absolute atomic E-state index is 4.58. The smallest absolute Gasteiger partial charge is 0.125 e. The number of para-hydroxylation sites is 1. The van der Waals surface area contributed by atoms with Crippen LogP contribution in [0.4, 0.5) is 5.69 Å². The Morgan fingerprint density at radius 2 is 1.75 bits per heavy atom. The van der Waals surface area contributed by atoms with Crippen molar-refractivity contribution in [3.8, 4) is 21.0 Å². The molecule has 3 heteroatoms.